The molecule has 2 rings (SSSR count). The van der Waals surface area contributed by atoms with Crippen molar-refractivity contribution in [2.75, 3.05) is 19.6 Å². The fraction of sp³-hybridized carbons (Fsp3) is 0.933. The maximum Gasteiger partial charge on any atom is 0.220 e. The van der Waals surface area contributed by atoms with Crippen molar-refractivity contribution in [1.82, 2.24) is 10.2 Å². The molecule has 2 fully saturated rings. The molecule has 19 heavy (non-hydrogen) atoms. The highest BCUT2D eigenvalue weighted by Crippen LogP contribution is 2.25. The maximum atomic E-state index is 12.0. The molecule has 4 heteroatoms. The third-order valence-corrected chi connectivity index (χ3v) is 4.86. The Balaban J connectivity index is 1.69. The summed E-state index contributed by atoms with van der Waals surface area (Å²) < 4.78 is 0. The Morgan fingerprint density at radius 2 is 2.05 bits per heavy atom. The van der Waals surface area contributed by atoms with Crippen LogP contribution in [-0.2, 0) is 4.79 Å². The minimum atomic E-state index is 0.199. The van der Waals surface area contributed by atoms with Gasteiger partial charge in [0.2, 0.25) is 5.91 Å². The maximum absolute atomic E-state index is 12.0. The number of rotatable bonds is 5. The second kappa shape index (κ2) is 7.25. The SMILES string of the molecule is CCN1CCCC1CNC(=O)CC1CCCCC1N. The number of nitrogens with two attached hydrogens (primary N) is 1. The summed E-state index contributed by atoms with van der Waals surface area (Å²) in [7, 11) is 0. The predicted octanol–water partition coefficient (Wildman–Crippen LogP) is 1.49. The highest BCUT2D eigenvalue weighted by atomic mass is 16.1. The molecule has 1 amide bonds. The van der Waals surface area contributed by atoms with E-state index in [0.717, 1.165) is 25.9 Å². The quantitative estimate of drug-likeness (QED) is 0.793. The summed E-state index contributed by atoms with van der Waals surface area (Å²) in [4.78, 5) is 14.5. The van der Waals surface area contributed by atoms with Gasteiger partial charge >= 0.3 is 0 Å². The molecule has 0 spiro atoms. The van der Waals surface area contributed by atoms with E-state index in [9.17, 15) is 4.79 Å². The molecule has 3 N–H and O–H groups in total. The molecule has 1 saturated heterocycles. The van der Waals surface area contributed by atoms with Gasteiger partial charge in [-0.25, -0.2) is 0 Å². The lowest BCUT2D eigenvalue weighted by molar-refractivity contribution is -0.122. The van der Waals surface area contributed by atoms with E-state index >= 15 is 0 Å². The fourth-order valence-electron chi connectivity index (χ4n) is 3.57. The molecule has 0 aromatic carbocycles. The molecule has 1 aliphatic carbocycles. The van der Waals surface area contributed by atoms with Gasteiger partial charge in [0.25, 0.3) is 0 Å². The van der Waals surface area contributed by atoms with Crippen LogP contribution >= 0.6 is 0 Å². The Hall–Kier alpha value is -0.610. The molecule has 1 saturated carbocycles. The monoisotopic (exact) mass is 267 g/mol. The standard InChI is InChI=1S/C15H29N3O/c1-2-18-9-5-7-13(18)11-17-15(19)10-12-6-3-4-8-14(12)16/h12-14H,2-11,16H2,1H3,(H,17,19). The van der Waals surface area contributed by atoms with Crippen LogP contribution in [-0.4, -0.2) is 42.5 Å². The van der Waals surface area contributed by atoms with Gasteiger partial charge in [0, 0.05) is 25.0 Å². The predicted molar refractivity (Wildman–Crippen MR) is 77.8 cm³/mol. The second-order valence-electron chi connectivity index (χ2n) is 6.14. The van der Waals surface area contributed by atoms with E-state index < -0.39 is 0 Å². The van der Waals surface area contributed by atoms with Crippen molar-refractivity contribution in [2.24, 2.45) is 11.7 Å². The number of carbonyl (C=O) groups is 1. The summed E-state index contributed by atoms with van der Waals surface area (Å²) in [6.07, 6.45) is 7.78. The summed E-state index contributed by atoms with van der Waals surface area (Å²) in [6, 6.07) is 0.784. The van der Waals surface area contributed by atoms with Crippen LogP contribution in [0.3, 0.4) is 0 Å². The molecule has 0 aromatic heterocycles. The van der Waals surface area contributed by atoms with Gasteiger partial charge in [0.1, 0.15) is 0 Å². The second-order valence-corrected chi connectivity index (χ2v) is 6.14. The minimum Gasteiger partial charge on any atom is -0.355 e. The Morgan fingerprint density at radius 3 is 2.79 bits per heavy atom. The van der Waals surface area contributed by atoms with Crippen molar-refractivity contribution in [3.8, 4) is 0 Å². The van der Waals surface area contributed by atoms with E-state index in [0.29, 0.717) is 18.4 Å². The number of nitrogens with zero attached hydrogens (tertiary/aromatic N) is 1. The van der Waals surface area contributed by atoms with Crippen molar-refractivity contribution in [1.29, 1.82) is 0 Å². The molecule has 0 radical (unpaired) electrons. The van der Waals surface area contributed by atoms with E-state index in [2.05, 4.69) is 17.1 Å². The average molecular weight is 267 g/mol. The highest BCUT2D eigenvalue weighted by Gasteiger charge is 2.26. The van der Waals surface area contributed by atoms with Crippen molar-refractivity contribution in [2.45, 2.75) is 64.0 Å². The Morgan fingerprint density at radius 1 is 1.26 bits per heavy atom. The largest absolute Gasteiger partial charge is 0.355 e. The van der Waals surface area contributed by atoms with Gasteiger partial charge in [-0.3, -0.25) is 9.69 Å². The number of likely N-dealkylation sites (tertiary alicyclic amines) is 1. The molecule has 4 nitrogen and oxygen atoms in total. The van der Waals surface area contributed by atoms with Crippen LogP contribution in [0.1, 0.15) is 51.9 Å². The van der Waals surface area contributed by atoms with Crippen LogP contribution in [0, 0.1) is 5.92 Å². The van der Waals surface area contributed by atoms with E-state index in [1.165, 1.54) is 32.2 Å². The molecule has 1 aliphatic heterocycles. The smallest absolute Gasteiger partial charge is 0.220 e. The van der Waals surface area contributed by atoms with Crippen LogP contribution in [0.15, 0.2) is 0 Å². The first-order valence-electron chi connectivity index (χ1n) is 7.97. The number of carbonyl (C=O) groups excluding carboxylic acids is 1. The van der Waals surface area contributed by atoms with Gasteiger partial charge in [-0.15, -0.1) is 0 Å². The average Bonchev–Trinajstić information content (AvgIpc) is 2.86. The van der Waals surface area contributed by atoms with Crippen molar-refractivity contribution < 1.29 is 4.79 Å². The first-order chi connectivity index (χ1) is 9.20. The zero-order valence-electron chi connectivity index (χ0n) is 12.2. The minimum absolute atomic E-state index is 0.199. The molecule has 3 atom stereocenters. The lowest BCUT2D eigenvalue weighted by Gasteiger charge is -2.28. The number of nitrogens with one attached hydrogen (secondary N) is 1. The molecule has 2 aliphatic rings. The van der Waals surface area contributed by atoms with Crippen molar-refractivity contribution >= 4 is 5.91 Å². The highest BCUT2D eigenvalue weighted by molar-refractivity contribution is 5.76. The molecule has 110 valence electrons. The third kappa shape index (κ3) is 4.18. The normalized spacial score (nSPS) is 32.4. The van der Waals surface area contributed by atoms with Crippen LogP contribution in [0.4, 0.5) is 0 Å². The van der Waals surface area contributed by atoms with E-state index in [1.54, 1.807) is 0 Å². The third-order valence-electron chi connectivity index (χ3n) is 4.86. The van der Waals surface area contributed by atoms with Crippen LogP contribution in [0.25, 0.3) is 0 Å². The summed E-state index contributed by atoms with van der Waals surface area (Å²) >= 11 is 0. The van der Waals surface area contributed by atoms with Crippen molar-refractivity contribution in [3.63, 3.8) is 0 Å². The van der Waals surface area contributed by atoms with Gasteiger partial charge in [0.05, 0.1) is 0 Å². The molecular formula is C15H29N3O. The lowest BCUT2D eigenvalue weighted by atomic mass is 9.83. The summed E-state index contributed by atoms with van der Waals surface area (Å²) in [5, 5.41) is 3.12. The summed E-state index contributed by atoms with van der Waals surface area (Å²) in [5.41, 5.74) is 6.10. The molecule has 0 bridgehead atoms. The summed E-state index contributed by atoms with van der Waals surface area (Å²) in [5.74, 6) is 0.602. The molecular weight excluding hydrogens is 238 g/mol. The fourth-order valence-corrected chi connectivity index (χ4v) is 3.57. The number of hydrogen-bond donors (Lipinski definition) is 2. The molecule has 0 aromatic rings. The Bertz CT molecular complexity index is 295. The zero-order valence-corrected chi connectivity index (χ0v) is 12.2. The number of hydrogen-bond acceptors (Lipinski definition) is 3. The van der Waals surface area contributed by atoms with E-state index in [-0.39, 0.29) is 11.9 Å². The zero-order chi connectivity index (χ0) is 13.7. The molecule has 3 unspecified atom stereocenters. The van der Waals surface area contributed by atoms with Crippen molar-refractivity contribution in [3.05, 3.63) is 0 Å². The van der Waals surface area contributed by atoms with Gasteiger partial charge in [0.15, 0.2) is 0 Å². The Kier molecular flexibility index (Phi) is 5.64. The van der Waals surface area contributed by atoms with E-state index in [1.807, 2.05) is 0 Å². The van der Waals surface area contributed by atoms with Crippen LogP contribution in [0.5, 0.6) is 0 Å². The number of likely N-dealkylation sites (N-methyl/N-ethyl adjacent to an activating group) is 1. The van der Waals surface area contributed by atoms with Gasteiger partial charge in [-0.05, 0) is 44.7 Å². The van der Waals surface area contributed by atoms with E-state index in [4.69, 9.17) is 5.73 Å². The number of amides is 1. The topological polar surface area (TPSA) is 58.4 Å². The van der Waals surface area contributed by atoms with Gasteiger partial charge in [-0.1, -0.05) is 19.8 Å². The van der Waals surface area contributed by atoms with Crippen LogP contribution < -0.4 is 11.1 Å². The van der Waals surface area contributed by atoms with Gasteiger partial charge < -0.3 is 11.1 Å². The first-order valence-corrected chi connectivity index (χ1v) is 7.97. The Labute approximate surface area is 117 Å². The van der Waals surface area contributed by atoms with Crippen LogP contribution in [0.2, 0.25) is 0 Å². The lowest BCUT2D eigenvalue weighted by Crippen LogP contribution is -2.42. The first kappa shape index (κ1) is 14.8. The summed E-state index contributed by atoms with van der Waals surface area (Å²) in [6.45, 7) is 5.29. The molecule has 1 heterocycles. The van der Waals surface area contributed by atoms with Gasteiger partial charge in [-0.2, -0.15) is 0 Å².